The molecule has 0 spiro atoms. The Labute approximate surface area is 115 Å². The number of pyridine rings is 1. The van der Waals surface area contributed by atoms with Crippen LogP contribution in [0.4, 0.5) is 14.5 Å². The quantitative estimate of drug-likeness (QED) is 0.883. The van der Waals surface area contributed by atoms with Crippen LogP contribution in [0.25, 0.3) is 0 Å². The Morgan fingerprint density at radius 2 is 1.95 bits per heavy atom. The van der Waals surface area contributed by atoms with Crippen LogP contribution in [0.2, 0.25) is 0 Å². The molecule has 0 bridgehead atoms. The van der Waals surface area contributed by atoms with E-state index in [1.807, 2.05) is 0 Å². The van der Waals surface area contributed by atoms with Crippen molar-refractivity contribution < 1.29 is 18.6 Å². The second kappa shape index (κ2) is 6.29. The van der Waals surface area contributed by atoms with Gasteiger partial charge in [0.15, 0.2) is 0 Å². The molecule has 1 aromatic carbocycles. The molecule has 0 fully saturated rings. The predicted octanol–water partition coefficient (Wildman–Crippen LogP) is 2.51. The molecule has 0 aliphatic heterocycles. The van der Waals surface area contributed by atoms with Crippen molar-refractivity contribution in [3.05, 3.63) is 53.7 Å². The second-order valence-corrected chi connectivity index (χ2v) is 4.12. The van der Waals surface area contributed by atoms with E-state index in [-0.39, 0.29) is 12.1 Å². The van der Waals surface area contributed by atoms with Crippen molar-refractivity contribution in [2.24, 2.45) is 0 Å². The first-order valence-corrected chi connectivity index (χ1v) is 5.97. The van der Waals surface area contributed by atoms with Gasteiger partial charge in [-0.3, -0.25) is 0 Å². The van der Waals surface area contributed by atoms with Crippen LogP contribution in [-0.4, -0.2) is 23.7 Å². The maximum atomic E-state index is 13.5. The molecule has 2 N–H and O–H groups in total. The number of rotatable bonds is 5. The lowest BCUT2D eigenvalue weighted by molar-refractivity contribution is 0.181. The normalized spacial score (nSPS) is 12.0. The Kier molecular flexibility index (Phi) is 4.47. The van der Waals surface area contributed by atoms with E-state index in [1.54, 1.807) is 12.1 Å². The Morgan fingerprint density at radius 3 is 2.50 bits per heavy atom. The van der Waals surface area contributed by atoms with Gasteiger partial charge in [-0.15, -0.1) is 0 Å². The van der Waals surface area contributed by atoms with Crippen molar-refractivity contribution in [3.8, 4) is 5.88 Å². The molecule has 0 radical (unpaired) electrons. The summed E-state index contributed by atoms with van der Waals surface area (Å²) >= 11 is 0. The summed E-state index contributed by atoms with van der Waals surface area (Å²) in [4.78, 5) is 3.97. The van der Waals surface area contributed by atoms with Crippen LogP contribution in [-0.2, 0) is 0 Å². The lowest BCUT2D eigenvalue weighted by Crippen LogP contribution is -2.15. The predicted molar refractivity (Wildman–Crippen MR) is 70.6 cm³/mol. The number of hydrogen-bond acceptors (Lipinski definition) is 4. The van der Waals surface area contributed by atoms with Crippen molar-refractivity contribution in [1.29, 1.82) is 0 Å². The lowest BCUT2D eigenvalue weighted by atomic mass is 10.1. The first-order chi connectivity index (χ1) is 9.61. The van der Waals surface area contributed by atoms with Crippen LogP contribution in [0.3, 0.4) is 0 Å². The molecule has 2 aromatic rings. The van der Waals surface area contributed by atoms with Crippen molar-refractivity contribution in [1.82, 2.24) is 4.98 Å². The summed E-state index contributed by atoms with van der Waals surface area (Å²) in [7, 11) is 1.50. The molecular formula is C14H14F2N2O2. The van der Waals surface area contributed by atoms with Crippen LogP contribution in [0, 0.1) is 11.6 Å². The van der Waals surface area contributed by atoms with Crippen molar-refractivity contribution in [2.75, 3.05) is 19.0 Å². The summed E-state index contributed by atoms with van der Waals surface area (Å²) in [6, 6.07) is 6.80. The largest absolute Gasteiger partial charge is 0.481 e. The molecule has 1 unspecified atom stereocenters. The molecule has 0 amide bonds. The smallest absolute Gasteiger partial charge is 0.213 e. The molecule has 4 nitrogen and oxygen atoms in total. The van der Waals surface area contributed by atoms with Crippen molar-refractivity contribution >= 4 is 5.69 Å². The fourth-order valence-corrected chi connectivity index (χ4v) is 1.75. The number of aromatic nitrogens is 1. The average molecular weight is 280 g/mol. The molecule has 0 aliphatic carbocycles. The SMILES string of the molecule is COc1ccc(NCC(O)c2c(F)cccc2F)cn1. The summed E-state index contributed by atoms with van der Waals surface area (Å²) in [6.45, 7) is -0.0359. The molecular weight excluding hydrogens is 266 g/mol. The standard InChI is InChI=1S/C14H14F2N2O2/c1-20-13-6-5-9(7-18-13)17-8-12(19)14-10(15)3-2-4-11(14)16/h2-7,12,17,19H,8H2,1H3. The van der Waals surface area contributed by atoms with E-state index < -0.39 is 17.7 Å². The highest BCUT2D eigenvalue weighted by Crippen LogP contribution is 2.21. The number of nitrogens with one attached hydrogen (secondary N) is 1. The van der Waals surface area contributed by atoms with Gasteiger partial charge in [0, 0.05) is 12.6 Å². The van der Waals surface area contributed by atoms with Gasteiger partial charge in [-0.2, -0.15) is 0 Å². The zero-order chi connectivity index (χ0) is 14.5. The third-order valence-electron chi connectivity index (χ3n) is 2.78. The minimum atomic E-state index is -1.29. The summed E-state index contributed by atoms with van der Waals surface area (Å²) in [5.41, 5.74) is 0.267. The van der Waals surface area contributed by atoms with Gasteiger partial charge in [-0.25, -0.2) is 13.8 Å². The summed E-state index contributed by atoms with van der Waals surface area (Å²) in [6.07, 6.45) is 0.210. The van der Waals surface area contributed by atoms with E-state index in [0.29, 0.717) is 11.6 Å². The molecule has 6 heteroatoms. The van der Waals surface area contributed by atoms with Crippen LogP contribution in [0.15, 0.2) is 36.5 Å². The Balaban J connectivity index is 2.02. The molecule has 1 aromatic heterocycles. The topological polar surface area (TPSA) is 54.4 Å². The zero-order valence-electron chi connectivity index (χ0n) is 10.8. The highest BCUT2D eigenvalue weighted by atomic mass is 19.1. The fraction of sp³-hybridized carbons (Fsp3) is 0.214. The number of ether oxygens (including phenoxy) is 1. The molecule has 2 rings (SSSR count). The number of aliphatic hydroxyl groups is 1. The van der Waals surface area contributed by atoms with Gasteiger partial charge >= 0.3 is 0 Å². The molecule has 0 saturated carbocycles. The van der Waals surface area contributed by atoms with Gasteiger partial charge in [0.05, 0.1) is 24.6 Å². The highest BCUT2D eigenvalue weighted by molar-refractivity contribution is 5.42. The molecule has 0 aliphatic rings. The Bertz CT molecular complexity index is 556. The number of aliphatic hydroxyl groups excluding tert-OH is 1. The van der Waals surface area contributed by atoms with Crippen molar-refractivity contribution in [3.63, 3.8) is 0 Å². The second-order valence-electron chi connectivity index (χ2n) is 4.12. The van der Waals surface area contributed by atoms with Gasteiger partial charge in [0.25, 0.3) is 0 Å². The fourth-order valence-electron chi connectivity index (χ4n) is 1.75. The number of methoxy groups -OCH3 is 1. The van der Waals surface area contributed by atoms with Crippen LogP contribution in [0.1, 0.15) is 11.7 Å². The number of benzene rings is 1. The average Bonchev–Trinajstić information content (AvgIpc) is 2.45. The van der Waals surface area contributed by atoms with Gasteiger partial charge in [-0.05, 0) is 18.2 Å². The maximum Gasteiger partial charge on any atom is 0.213 e. The number of hydrogen-bond donors (Lipinski definition) is 2. The Hall–Kier alpha value is -2.21. The number of nitrogens with zero attached hydrogens (tertiary/aromatic N) is 1. The molecule has 106 valence electrons. The van der Waals surface area contributed by atoms with E-state index in [9.17, 15) is 13.9 Å². The first-order valence-electron chi connectivity index (χ1n) is 5.97. The van der Waals surface area contributed by atoms with Crippen LogP contribution >= 0.6 is 0 Å². The number of halogens is 2. The summed E-state index contributed by atoms with van der Waals surface area (Å²) < 4.78 is 31.8. The monoisotopic (exact) mass is 280 g/mol. The van der Waals surface area contributed by atoms with Gasteiger partial charge in [0.1, 0.15) is 17.7 Å². The first kappa shape index (κ1) is 14.2. The molecule has 0 saturated heterocycles. The van der Waals surface area contributed by atoms with E-state index >= 15 is 0 Å². The van der Waals surface area contributed by atoms with E-state index in [0.717, 1.165) is 12.1 Å². The van der Waals surface area contributed by atoms with Crippen LogP contribution < -0.4 is 10.1 Å². The highest BCUT2D eigenvalue weighted by Gasteiger charge is 2.17. The van der Waals surface area contributed by atoms with Gasteiger partial charge in [-0.1, -0.05) is 6.07 Å². The van der Waals surface area contributed by atoms with Gasteiger partial charge < -0.3 is 15.2 Å². The van der Waals surface area contributed by atoms with E-state index in [1.165, 1.54) is 19.4 Å². The minimum absolute atomic E-state index is 0.0359. The van der Waals surface area contributed by atoms with E-state index in [4.69, 9.17) is 4.74 Å². The van der Waals surface area contributed by atoms with Crippen molar-refractivity contribution in [2.45, 2.75) is 6.10 Å². The summed E-state index contributed by atoms with van der Waals surface area (Å²) in [5, 5.41) is 12.7. The summed E-state index contributed by atoms with van der Waals surface area (Å²) in [5.74, 6) is -1.09. The van der Waals surface area contributed by atoms with Crippen LogP contribution in [0.5, 0.6) is 5.88 Å². The van der Waals surface area contributed by atoms with Gasteiger partial charge in [0.2, 0.25) is 5.88 Å². The van der Waals surface area contributed by atoms with E-state index in [2.05, 4.69) is 10.3 Å². The zero-order valence-corrected chi connectivity index (χ0v) is 10.8. The molecule has 20 heavy (non-hydrogen) atoms. The number of anilines is 1. The Morgan fingerprint density at radius 1 is 1.25 bits per heavy atom. The molecule has 1 atom stereocenters. The molecule has 1 heterocycles. The third-order valence-corrected chi connectivity index (χ3v) is 2.78. The minimum Gasteiger partial charge on any atom is -0.481 e. The lowest BCUT2D eigenvalue weighted by Gasteiger charge is -2.14. The maximum absolute atomic E-state index is 13.5. The third kappa shape index (κ3) is 3.21.